The van der Waals surface area contributed by atoms with Crippen LogP contribution in [0.4, 0.5) is 17.6 Å². The summed E-state index contributed by atoms with van der Waals surface area (Å²) < 4.78 is 54.4. The Morgan fingerprint density at radius 2 is 1.85 bits per heavy atom. The summed E-state index contributed by atoms with van der Waals surface area (Å²) in [4.78, 5) is 4.00. The predicted octanol–water partition coefficient (Wildman–Crippen LogP) is 2.82. The van der Waals surface area contributed by atoms with Gasteiger partial charge in [-0.25, -0.2) is 4.39 Å². The maximum Gasteiger partial charge on any atom is 0.452 e. The van der Waals surface area contributed by atoms with Crippen LogP contribution in [0.15, 0.2) is 38.8 Å². The number of alkyl halides is 3. The summed E-state index contributed by atoms with van der Waals surface area (Å²) in [6, 6.07) is 5.33. The fourth-order valence-corrected chi connectivity index (χ4v) is 2.37. The third-order valence-electron chi connectivity index (χ3n) is 2.61. The molecule has 0 aliphatic carbocycles. The third kappa shape index (κ3) is 2.28. The van der Waals surface area contributed by atoms with E-state index in [2.05, 4.69) is 14.5 Å². The smallest absolute Gasteiger partial charge is 0.253 e. The summed E-state index contributed by atoms with van der Waals surface area (Å²) in [5.74, 6) is -1.54. The maximum atomic E-state index is 12.8. The molecule has 0 saturated heterocycles. The van der Waals surface area contributed by atoms with Crippen molar-refractivity contribution in [1.82, 2.24) is 5.01 Å². The number of rotatable bonds is 1. The van der Waals surface area contributed by atoms with Gasteiger partial charge in [0.1, 0.15) is 5.82 Å². The van der Waals surface area contributed by atoms with Crippen molar-refractivity contribution in [1.29, 1.82) is 0 Å². The Hall–Kier alpha value is -1.90. The molecule has 2 aliphatic rings. The molecule has 0 atom stereocenters. The van der Waals surface area contributed by atoms with Gasteiger partial charge in [-0.05, 0) is 17.7 Å². The summed E-state index contributed by atoms with van der Waals surface area (Å²) in [6.45, 7) is 0.130. The van der Waals surface area contributed by atoms with Crippen LogP contribution in [0.25, 0.3) is 0 Å². The quantitative estimate of drug-likeness (QED) is 0.591. The summed E-state index contributed by atoms with van der Waals surface area (Å²) in [7, 11) is 0. The van der Waals surface area contributed by atoms with Gasteiger partial charge in [-0.2, -0.15) is 27.7 Å². The topological polar surface area (TPSA) is 40.3 Å². The zero-order chi connectivity index (χ0) is 14.3. The summed E-state index contributed by atoms with van der Waals surface area (Å²) in [5.41, 5.74) is 0.848. The van der Waals surface area contributed by atoms with Crippen LogP contribution in [0.1, 0.15) is 5.56 Å². The molecule has 0 bridgehead atoms. The molecular formula is C11H6F4N4S. The SMILES string of the molecule is Fc1ccc(C2=NN3C(=NC2)SN=C3C(F)(F)F)cc1. The van der Waals surface area contributed by atoms with Crippen LogP contribution in [0.2, 0.25) is 0 Å². The highest BCUT2D eigenvalue weighted by Gasteiger charge is 2.46. The molecule has 0 fully saturated rings. The molecule has 0 radical (unpaired) electrons. The lowest BCUT2D eigenvalue weighted by Crippen LogP contribution is -2.40. The Morgan fingerprint density at radius 1 is 1.15 bits per heavy atom. The van der Waals surface area contributed by atoms with Crippen molar-refractivity contribution in [2.24, 2.45) is 14.5 Å². The van der Waals surface area contributed by atoms with E-state index in [1.54, 1.807) is 0 Å². The molecule has 0 aromatic heterocycles. The largest absolute Gasteiger partial charge is 0.452 e. The first kappa shape index (κ1) is 13.1. The van der Waals surface area contributed by atoms with Gasteiger partial charge in [0.25, 0.3) is 0 Å². The molecule has 0 saturated carbocycles. The number of benzene rings is 1. The van der Waals surface area contributed by atoms with Gasteiger partial charge in [-0.15, -0.1) is 0 Å². The second-order valence-corrected chi connectivity index (χ2v) is 4.70. The van der Waals surface area contributed by atoms with Crippen LogP contribution in [0, 0.1) is 5.82 Å². The predicted molar refractivity (Wildman–Crippen MR) is 68.2 cm³/mol. The van der Waals surface area contributed by atoms with Crippen molar-refractivity contribution >= 4 is 28.7 Å². The third-order valence-corrected chi connectivity index (χ3v) is 3.34. The number of nitrogens with zero attached hydrogens (tertiary/aromatic N) is 4. The maximum absolute atomic E-state index is 12.8. The first-order chi connectivity index (χ1) is 9.45. The van der Waals surface area contributed by atoms with Crippen molar-refractivity contribution < 1.29 is 17.6 Å². The number of hydrogen-bond acceptors (Lipinski definition) is 5. The van der Waals surface area contributed by atoms with Gasteiger partial charge >= 0.3 is 6.18 Å². The first-order valence-corrected chi connectivity index (χ1v) is 6.23. The van der Waals surface area contributed by atoms with Gasteiger partial charge in [0.2, 0.25) is 11.0 Å². The molecule has 9 heteroatoms. The molecule has 1 aromatic carbocycles. The monoisotopic (exact) mass is 302 g/mol. The summed E-state index contributed by atoms with van der Waals surface area (Å²) in [6.07, 6.45) is -4.60. The molecule has 0 unspecified atom stereocenters. The minimum atomic E-state index is -4.60. The Bertz CT molecular complexity index is 633. The second kappa shape index (κ2) is 4.58. The highest BCUT2D eigenvalue weighted by Crippen LogP contribution is 2.32. The van der Waals surface area contributed by atoms with Crippen LogP contribution in [-0.2, 0) is 0 Å². The van der Waals surface area contributed by atoms with E-state index in [-0.39, 0.29) is 11.7 Å². The van der Waals surface area contributed by atoms with Crippen LogP contribution < -0.4 is 0 Å². The minimum Gasteiger partial charge on any atom is -0.253 e. The lowest BCUT2D eigenvalue weighted by atomic mass is 10.1. The van der Waals surface area contributed by atoms with E-state index in [9.17, 15) is 17.6 Å². The standard InChI is InChI=1S/C11H6F4N4S/c12-7-3-1-6(2-4-7)8-5-16-10-19(17-8)9(18-20-10)11(13,14)15/h1-4H,5H2. The number of hydrogen-bond donors (Lipinski definition) is 0. The summed E-state index contributed by atoms with van der Waals surface area (Å²) >= 11 is 0.638. The molecule has 1 aromatic rings. The lowest BCUT2D eigenvalue weighted by Gasteiger charge is -2.21. The number of hydrazone groups is 1. The summed E-state index contributed by atoms with van der Waals surface area (Å²) in [5, 5.41) is 4.68. The van der Waals surface area contributed by atoms with E-state index in [0.717, 1.165) is 0 Å². The van der Waals surface area contributed by atoms with E-state index < -0.39 is 17.8 Å². The molecule has 2 heterocycles. The molecule has 0 spiro atoms. The van der Waals surface area contributed by atoms with E-state index in [1.165, 1.54) is 24.3 Å². The van der Waals surface area contributed by atoms with Crippen molar-refractivity contribution in [3.63, 3.8) is 0 Å². The normalized spacial score (nSPS) is 18.4. The second-order valence-electron chi connectivity index (χ2n) is 3.97. The van der Waals surface area contributed by atoms with E-state index >= 15 is 0 Å². The van der Waals surface area contributed by atoms with Gasteiger partial charge in [0.15, 0.2) is 0 Å². The molecule has 0 amide bonds. The molecule has 20 heavy (non-hydrogen) atoms. The number of halogens is 4. The van der Waals surface area contributed by atoms with E-state index in [0.29, 0.717) is 28.2 Å². The van der Waals surface area contributed by atoms with Crippen molar-refractivity contribution in [3.8, 4) is 0 Å². The van der Waals surface area contributed by atoms with E-state index in [4.69, 9.17) is 0 Å². The fraction of sp³-hybridized carbons (Fsp3) is 0.182. The minimum absolute atomic E-state index is 0.0863. The van der Waals surface area contributed by atoms with Gasteiger partial charge in [0, 0.05) is 0 Å². The zero-order valence-electron chi connectivity index (χ0n) is 9.73. The molecular weight excluding hydrogens is 296 g/mol. The zero-order valence-corrected chi connectivity index (χ0v) is 10.5. The van der Waals surface area contributed by atoms with Gasteiger partial charge in [-0.1, -0.05) is 12.1 Å². The van der Waals surface area contributed by atoms with Crippen LogP contribution in [-0.4, -0.2) is 34.4 Å². The molecule has 104 valence electrons. The number of amidine groups is 2. The Labute approximate surface area is 115 Å². The van der Waals surface area contributed by atoms with Crippen molar-refractivity contribution in [2.45, 2.75) is 6.18 Å². The average molecular weight is 302 g/mol. The highest BCUT2D eigenvalue weighted by molar-refractivity contribution is 8.13. The highest BCUT2D eigenvalue weighted by atomic mass is 32.2. The van der Waals surface area contributed by atoms with Gasteiger partial charge in [-0.3, -0.25) is 4.99 Å². The molecule has 2 aliphatic heterocycles. The lowest BCUT2D eigenvalue weighted by molar-refractivity contribution is -0.0654. The number of aliphatic imine (C=N–C) groups is 1. The van der Waals surface area contributed by atoms with E-state index in [1.807, 2.05) is 0 Å². The molecule has 3 rings (SSSR count). The van der Waals surface area contributed by atoms with Crippen LogP contribution in [0.3, 0.4) is 0 Å². The van der Waals surface area contributed by atoms with Crippen LogP contribution >= 0.6 is 11.9 Å². The van der Waals surface area contributed by atoms with Crippen molar-refractivity contribution in [3.05, 3.63) is 35.6 Å². The molecule has 0 N–H and O–H groups in total. The van der Waals surface area contributed by atoms with Gasteiger partial charge in [0.05, 0.1) is 24.2 Å². The van der Waals surface area contributed by atoms with Crippen molar-refractivity contribution in [2.75, 3.05) is 6.54 Å². The Balaban J connectivity index is 1.93. The molecule has 4 nitrogen and oxygen atoms in total. The van der Waals surface area contributed by atoms with Crippen LogP contribution in [0.5, 0.6) is 0 Å². The van der Waals surface area contributed by atoms with Gasteiger partial charge < -0.3 is 0 Å². The Kier molecular flexibility index (Phi) is 3.00. The Morgan fingerprint density at radius 3 is 2.50 bits per heavy atom. The first-order valence-electron chi connectivity index (χ1n) is 5.45. The number of fused-ring (bicyclic) bond motifs is 1. The fourth-order valence-electron chi connectivity index (χ4n) is 1.70. The average Bonchev–Trinajstić information content (AvgIpc) is 2.82.